The van der Waals surface area contributed by atoms with Crippen LogP contribution in [0.2, 0.25) is 0 Å². The highest BCUT2D eigenvalue weighted by atomic mass is 32.1. The third-order valence-electron chi connectivity index (χ3n) is 8.74. The van der Waals surface area contributed by atoms with E-state index < -0.39 is 47.0 Å². The fourth-order valence-corrected chi connectivity index (χ4v) is 6.47. The molecular weight excluding hydrogens is 665 g/mol. The number of benzene rings is 2. The Morgan fingerprint density at radius 2 is 1.80 bits per heavy atom. The highest BCUT2D eigenvalue weighted by molar-refractivity contribution is 7.13. The number of carbonyl (C=O) groups is 3. The van der Waals surface area contributed by atoms with Crippen molar-refractivity contribution in [1.29, 1.82) is 0 Å². The molecule has 3 amide bonds. The number of aliphatic hydroxyl groups excluding tert-OH is 1. The standard InChI is InChI=1S/C36H46FN5O7S/c1-22-30(50-21-40-22)23-5-6-24(29(17-23)49-16-14-47-13-15-48-27-9-7-25(38)8-10-27)19-39-32(44)28-18-26(43)20-42(28)33(45)31(35(2,3)4)41-34(46)36(37)11-12-36/h5-10,17,21,26,28,31,43H,11-16,18-20,38H2,1-4H3,(H,39,44)(H,41,46)/t26-,28+,31-/m1/s1. The van der Waals surface area contributed by atoms with Gasteiger partial charge in [-0.2, -0.15) is 0 Å². The Morgan fingerprint density at radius 1 is 1.10 bits per heavy atom. The van der Waals surface area contributed by atoms with Crippen LogP contribution in [-0.4, -0.2) is 89.5 Å². The Labute approximate surface area is 295 Å². The molecule has 5 rings (SSSR count). The van der Waals surface area contributed by atoms with Crippen molar-refractivity contribution in [3.05, 3.63) is 59.2 Å². The molecule has 0 spiro atoms. The number of aromatic nitrogens is 1. The number of β-amino-alcohol motifs (C(OH)–C–C–N with tert-alkyl or cyclic N) is 1. The smallest absolute Gasteiger partial charge is 0.258 e. The summed E-state index contributed by atoms with van der Waals surface area (Å²) in [5.74, 6) is -0.584. The van der Waals surface area contributed by atoms with Crippen molar-refractivity contribution in [2.75, 3.05) is 38.7 Å². The highest BCUT2D eigenvalue weighted by Crippen LogP contribution is 2.40. The molecule has 1 saturated heterocycles. The highest BCUT2D eigenvalue weighted by Gasteiger charge is 2.53. The summed E-state index contributed by atoms with van der Waals surface area (Å²) in [6.45, 7) is 8.47. The van der Waals surface area contributed by atoms with E-state index in [1.807, 2.05) is 25.1 Å². The molecule has 2 aliphatic rings. The molecule has 3 atom stereocenters. The second kappa shape index (κ2) is 15.7. The summed E-state index contributed by atoms with van der Waals surface area (Å²) in [5, 5.41) is 16.0. The van der Waals surface area contributed by atoms with Gasteiger partial charge in [0.2, 0.25) is 11.8 Å². The molecule has 0 radical (unpaired) electrons. The van der Waals surface area contributed by atoms with E-state index in [4.69, 9.17) is 19.9 Å². The minimum absolute atomic E-state index is 0.0295. The molecule has 0 bridgehead atoms. The van der Waals surface area contributed by atoms with Crippen LogP contribution in [0.1, 0.15) is 51.3 Å². The lowest BCUT2D eigenvalue weighted by atomic mass is 9.85. The van der Waals surface area contributed by atoms with Gasteiger partial charge in [0.1, 0.15) is 36.8 Å². The summed E-state index contributed by atoms with van der Waals surface area (Å²) in [6, 6.07) is 10.8. The van der Waals surface area contributed by atoms with Crippen molar-refractivity contribution in [2.24, 2.45) is 5.41 Å². The lowest BCUT2D eigenvalue weighted by Crippen LogP contribution is -2.59. The molecule has 5 N–H and O–H groups in total. The number of likely N-dealkylation sites (tertiary alicyclic amines) is 1. The van der Waals surface area contributed by atoms with Crippen LogP contribution in [0.5, 0.6) is 11.5 Å². The predicted molar refractivity (Wildman–Crippen MR) is 187 cm³/mol. The van der Waals surface area contributed by atoms with Crippen molar-refractivity contribution in [1.82, 2.24) is 20.5 Å². The van der Waals surface area contributed by atoms with Crippen molar-refractivity contribution >= 4 is 34.7 Å². The monoisotopic (exact) mass is 711 g/mol. The summed E-state index contributed by atoms with van der Waals surface area (Å²) < 4.78 is 32.0. The zero-order valence-electron chi connectivity index (χ0n) is 28.9. The number of nitrogens with two attached hydrogens (primary N) is 1. The second-order valence-electron chi connectivity index (χ2n) is 13.8. The summed E-state index contributed by atoms with van der Waals surface area (Å²) in [4.78, 5) is 46.6. The van der Waals surface area contributed by atoms with E-state index in [0.717, 1.165) is 16.1 Å². The fraction of sp³-hybridized carbons (Fsp3) is 0.500. The zero-order valence-corrected chi connectivity index (χ0v) is 29.7. The number of nitrogen functional groups attached to an aromatic ring is 1. The van der Waals surface area contributed by atoms with E-state index in [1.165, 1.54) is 16.2 Å². The fourth-order valence-electron chi connectivity index (χ4n) is 5.67. The molecule has 1 aliphatic heterocycles. The average Bonchev–Trinajstić information content (AvgIpc) is 3.48. The average molecular weight is 712 g/mol. The van der Waals surface area contributed by atoms with Gasteiger partial charge in [-0.1, -0.05) is 32.9 Å². The summed E-state index contributed by atoms with van der Waals surface area (Å²) >= 11 is 1.51. The number of rotatable bonds is 15. The first-order valence-electron chi connectivity index (χ1n) is 16.7. The Morgan fingerprint density at radius 3 is 2.44 bits per heavy atom. The molecule has 50 heavy (non-hydrogen) atoms. The van der Waals surface area contributed by atoms with Crippen molar-refractivity contribution in [2.45, 2.75) is 77.4 Å². The van der Waals surface area contributed by atoms with Gasteiger partial charge in [0.15, 0.2) is 5.67 Å². The summed E-state index contributed by atoms with van der Waals surface area (Å²) in [6.07, 6.45) is -0.677. The molecule has 2 fully saturated rings. The third-order valence-corrected chi connectivity index (χ3v) is 9.72. The molecule has 1 aromatic heterocycles. The second-order valence-corrected chi connectivity index (χ2v) is 14.7. The molecule has 1 aliphatic carbocycles. The van der Waals surface area contributed by atoms with E-state index in [2.05, 4.69) is 15.6 Å². The van der Waals surface area contributed by atoms with Gasteiger partial charge in [0.05, 0.1) is 35.4 Å². The van der Waals surface area contributed by atoms with Crippen molar-refractivity contribution < 1.29 is 38.1 Å². The predicted octanol–water partition coefficient (Wildman–Crippen LogP) is 3.79. The van der Waals surface area contributed by atoms with Gasteiger partial charge < -0.3 is 40.6 Å². The molecule has 14 heteroatoms. The number of anilines is 1. The maximum absolute atomic E-state index is 14.5. The quantitative estimate of drug-likeness (QED) is 0.136. The van der Waals surface area contributed by atoms with E-state index >= 15 is 0 Å². The summed E-state index contributed by atoms with van der Waals surface area (Å²) in [7, 11) is 0. The maximum atomic E-state index is 14.5. The van der Waals surface area contributed by atoms with Gasteiger partial charge in [-0.15, -0.1) is 11.3 Å². The normalized spacial score (nSPS) is 18.7. The van der Waals surface area contributed by atoms with Crippen LogP contribution in [0.15, 0.2) is 48.0 Å². The molecule has 3 aromatic rings. The number of hydrogen-bond donors (Lipinski definition) is 4. The van der Waals surface area contributed by atoms with Crippen LogP contribution in [0.25, 0.3) is 10.4 Å². The van der Waals surface area contributed by atoms with Crippen LogP contribution in [0.3, 0.4) is 0 Å². The van der Waals surface area contributed by atoms with Crippen LogP contribution in [0.4, 0.5) is 10.1 Å². The van der Waals surface area contributed by atoms with Gasteiger partial charge in [-0.25, -0.2) is 9.37 Å². The minimum atomic E-state index is -1.96. The lowest BCUT2D eigenvalue weighted by Gasteiger charge is -2.35. The van der Waals surface area contributed by atoms with Gasteiger partial charge in [-0.05, 0) is 61.1 Å². The Balaban J connectivity index is 1.21. The Hall–Kier alpha value is -4.27. The number of thiazole rings is 1. The number of hydrogen-bond acceptors (Lipinski definition) is 10. The number of ether oxygens (including phenoxy) is 3. The number of nitrogens with one attached hydrogen (secondary N) is 2. The van der Waals surface area contributed by atoms with Crippen LogP contribution in [-0.2, 0) is 25.7 Å². The molecule has 2 aromatic carbocycles. The van der Waals surface area contributed by atoms with Crippen LogP contribution < -0.4 is 25.8 Å². The Kier molecular flexibility index (Phi) is 11.6. The number of aliphatic hydroxyl groups is 1. The third kappa shape index (κ3) is 9.29. The van der Waals surface area contributed by atoms with Gasteiger partial charge >= 0.3 is 0 Å². The first-order chi connectivity index (χ1) is 23.7. The first kappa shape index (κ1) is 37.0. The van der Waals surface area contributed by atoms with Gasteiger partial charge in [-0.3, -0.25) is 14.4 Å². The molecule has 0 unspecified atom stereocenters. The molecule has 1 saturated carbocycles. The molecule has 12 nitrogen and oxygen atoms in total. The van der Waals surface area contributed by atoms with Crippen LogP contribution >= 0.6 is 11.3 Å². The number of nitrogens with zero attached hydrogens (tertiary/aromatic N) is 2. The number of alkyl halides is 1. The van der Waals surface area contributed by atoms with Crippen molar-refractivity contribution in [3.63, 3.8) is 0 Å². The molecule has 270 valence electrons. The number of halogens is 1. The molecular formula is C36H46FN5O7S. The SMILES string of the molecule is Cc1ncsc1-c1ccc(CNC(=O)[C@@H]2C[C@@H](O)CN2C(=O)[C@@H](NC(=O)C2(F)CC2)C(C)(C)C)c(OCCOCCOc2ccc(N)cc2)c1. The van der Waals surface area contributed by atoms with Crippen molar-refractivity contribution in [3.8, 4) is 21.9 Å². The lowest BCUT2D eigenvalue weighted by molar-refractivity contribution is -0.145. The molecule has 2 heterocycles. The maximum Gasteiger partial charge on any atom is 0.258 e. The number of carbonyl (C=O) groups excluding carboxylic acids is 3. The summed E-state index contributed by atoms with van der Waals surface area (Å²) in [5.41, 5.74) is 7.92. The topological polar surface area (TPSA) is 165 Å². The minimum Gasteiger partial charge on any atom is -0.491 e. The Bertz CT molecular complexity index is 1660. The van der Waals surface area contributed by atoms with Gasteiger partial charge in [0.25, 0.3) is 5.91 Å². The first-order valence-corrected chi connectivity index (χ1v) is 17.6. The zero-order chi connectivity index (χ0) is 36.1. The van der Waals surface area contributed by atoms with E-state index in [0.29, 0.717) is 42.6 Å². The number of amides is 3. The van der Waals surface area contributed by atoms with E-state index in [9.17, 15) is 23.9 Å². The van der Waals surface area contributed by atoms with Crippen LogP contribution in [0, 0.1) is 12.3 Å². The number of aryl methyl sites for hydroxylation is 1. The van der Waals surface area contributed by atoms with Gasteiger partial charge in [0, 0.05) is 30.8 Å². The van der Waals surface area contributed by atoms with E-state index in [1.54, 1.807) is 50.5 Å². The van der Waals surface area contributed by atoms with E-state index in [-0.39, 0.29) is 39.0 Å². The largest absolute Gasteiger partial charge is 0.491 e.